The van der Waals surface area contributed by atoms with Crippen molar-refractivity contribution in [3.8, 4) is 22.3 Å². The van der Waals surface area contributed by atoms with Gasteiger partial charge in [0.2, 0.25) is 0 Å². The molecule has 0 amide bonds. The molecule has 0 spiro atoms. The maximum atomic E-state index is 4.73. The van der Waals surface area contributed by atoms with Crippen molar-refractivity contribution < 1.29 is 0 Å². The molecule has 11 rings (SSSR count). The molecule has 0 radical (unpaired) electrons. The minimum absolute atomic E-state index is 0.938. The Morgan fingerprint density at radius 2 is 0.792 bits per heavy atom. The molecule has 0 N–H and O–H groups in total. The van der Waals surface area contributed by atoms with Crippen LogP contribution in [-0.2, 0) is 0 Å². The van der Waals surface area contributed by atoms with E-state index < -0.39 is 0 Å². The first kappa shape index (κ1) is 25.8. The summed E-state index contributed by atoms with van der Waals surface area (Å²) in [6.45, 7) is 0. The Morgan fingerprint density at radius 3 is 1.46 bits per heavy atom. The second-order valence-electron chi connectivity index (χ2n) is 12.9. The Labute approximate surface area is 275 Å². The summed E-state index contributed by atoms with van der Waals surface area (Å²) in [6.07, 6.45) is 3.69. The topological polar surface area (TPSA) is 25.8 Å². The van der Waals surface area contributed by atoms with E-state index in [1.165, 1.54) is 86.9 Å². The van der Waals surface area contributed by atoms with Gasteiger partial charge in [-0.3, -0.25) is 9.97 Å². The number of fused-ring (bicyclic) bond motifs is 5. The van der Waals surface area contributed by atoms with Crippen LogP contribution in [0.2, 0.25) is 0 Å². The Balaban J connectivity index is 1.21. The van der Waals surface area contributed by atoms with E-state index >= 15 is 0 Å². The molecule has 48 heavy (non-hydrogen) atoms. The fourth-order valence-corrected chi connectivity index (χ4v) is 8.31. The van der Waals surface area contributed by atoms with Gasteiger partial charge in [-0.15, -0.1) is 0 Å². The quantitative estimate of drug-likeness (QED) is 0.183. The van der Waals surface area contributed by atoms with Crippen LogP contribution in [0.5, 0.6) is 0 Å². The molecular weight excluding hydrogens is 581 g/mol. The van der Waals surface area contributed by atoms with Crippen LogP contribution in [0.4, 0.5) is 0 Å². The molecule has 220 valence electrons. The van der Waals surface area contributed by atoms with E-state index in [1.54, 1.807) is 0 Å². The van der Waals surface area contributed by atoms with E-state index in [1.807, 2.05) is 24.5 Å². The second-order valence-corrected chi connectivity index (χ2v) is 12.9. The van der Waals surface area contributed by atoms with Gasteiger partial charge in [-0.1, -0.05) is 115 Å². The Kier molecular flexibility index (Phi) is 5.14. The van der Waals surface area contributed by atoms with E-state index in [4.69, 9.17) is 4.98 Å². The fourth-order valence-electron chi connectivity index (χ4n) is 8.31. The lowest BCUT2D eigenvalue weighted by Gasteiger charge is -2.17. The van der Waals surface area contributed by atoms with Crippen molar-refractivity contribution in [2.75, 3.05) is 0 Å². The lowest BCUT2D eigenvalue weighted by atomic mass is 9.86. The largest absolute Gasteiger partial charge is 0.254 e. The maximum Gasteiger partial charge on any atom is 0.0970 e. The van der Waals surface area contributed by atoms with Crippen LogP contribution in [0, 0.1) is 0 Å². The summed E-state index contributed by atoms with van der Waals surface area (Å²) in [5, 5.41) is 17.8. The van der Waals surface area contributed by atoms with Gasteiger partial charge in [0, 0.05) is 23.2 Å². The van der Waals surface area contributed by atoms with Crippen LogP contribution in [0.1, 0.15) is 0 Å². The molecule has 0 aliphatic heterocycles. The average Bonchev–Trinajstić information content (AvgIpc) is 3.15. The molecule has 0 fully saturated rings. The van der Waals surface area contributed by atoms with Crippen LogP contribution in [0.15, 0.2) is 158 Å². The van der Waals surface area contributed by atoms with E-state index in [9.17, 15) is 0 Å². The molecule has 0 unspecified atom stereocenters. The number of nitrogens with zero attached hydrogens (tertiary/aromatic N) is 2. The summed E-state index contributed by atoms with van der Waals surface area (Å²) in [6, 6.07) is 53.8. The highest BCUT2D eigenvalue weighted by atomic mass is 14.7. The molecule has 0 aliphatic carbocycles. The highest BCUT2D eigenvalue weighted by molar-refractivity contribution is 6.37. The molecule has 2 heterocycles. The third-order valence-electron chi connectivity index (χ3n) is 10.4. The van der Waals surface area contributed by atoms with Crippen LogP contribution in [-0.4, -0.2) is 9.97 Å². The summed E-state index contributed by atoms with van der Waals surface area (Å²) >= 11 is 0. The van der Waals surface area contributed by atoms with Crippen LogP contribution < -0.4 is 0 Å². The first-order chi connectivity index (χ1) is 23.8. The van der Waals surface area contributed by atoms with Crippen molar-refractivity contribution >= 4 is 86.4 Å². The number of rotatable bonds is 2. The smallest absolute Gasteiger partial charge is 0.0970 e. The summed E-state index contributed by atoms with van der Waals surface area (Å²) < 4.78 is 0. The minimum atomic E-state index is 0.938. The standard InChI is InChI=1S/C46H26N2/c1-6-29-18-19-30-8-3-12-37-40-26-34(24-32-21-20-31-7-2-11-36(42(31)44(32)40)35(10-1)41(29)43(30)37)27-14-16-28(17-15-27)39-25-33-9-4-22-47-45(33)46-38(39)13-5-23-48-46/h1-26H. The Morgan fingerprint density at radius 1 is 0.292 bits per heavy atom. The highest BCUT2D eigenvalue weighted by Gasteiger charge is 2.17. The van der Waals surface area contributed by atoms with Crippen molar-refractivity contribution in [3.63, 3.8) is 0 Å². The number of aromatic nitrogens is 2. The molecule has 0 bridgehead atoms. The van der Waals surface area contributed by atoms with E-state index in [0.29, 0.717) is 0 Å². The summed E-state index contributed by atoms with van der Waals surface area (Å²) in [7, 11) is 0. The van der Waals surface area contributed by atoms with Gasteiger partial charge in [0.05, 0.1) is 11.0 Å². The lowest BCUT2D eigenvalue weighted by molar-refractivity contribution is 1.37. The molecule has 2 aromatic heterocycles. The Bertz CT molecular complexity index is 3100. The van der Waals surface area contributed by atoms with Crippen molar-refractivity contribution in [1.29, 1.82) is 0 Å². The SMILES string of the molecule is c1cnc2c(c1)cc(-c1ccc(-c3cc4ccc5cccc6c7cccc8ccc9cccc(c(c3)c4c56)c9c87)cc1)c1cccnc12. The van der Waals surface area contributed by atoms with Gasteiger partial charge < -0.3 is 0 Å². The lowest BCUT2D eigenvalue weighted by Crippen LogP contribution is -1.90. The monoisotopic (exact) mass is 606 g/mol. The van der Waals surface area contributed by atoms with Crippen molar-refractivity contribution in [1.82, 2.24) is 9.97 Å². The predicted molar refractivity (Wildman–Crippen MR) is 204 cm³/mol. The Hall–Kier alpha value is -6.38. The van der Waals surface area contributed by atoms with Gasteiger partial charge in [-0.05, 0) is 117 Å². The number of benzene rings is 8. The molecule has 9 aromatic carbocycles. The van der Waals surface area contributed by atoms with Crippen molar-refractivity contribution in [3.05, 3.63) is 158 Å². The normalized spacial score (nSPS) is 12.2. The van der Waals surface area contributed by atoms with E-state index in [2.05, 4.69) is 138 Å². The number of pyridine rings is 2. The zero-order valence-electron chi connectivity index (χ0n) is 25.9. The van der Waals surface area contributed by atoms with Gasteiger partial charge in [0.25, 0.3) is 0 Å². The van der Waals surface area contributed by atoms with Crippen molar-refractivity contribution in [2.24, 2.45) is 0 Å². The molecule has 0 atom stereocenters. The molecular formula is C46H26N2. The average molecular weight is 607 g/mol. The first-order valence-corrected chi connectivity index (χ1v) is 16.5. The van der Waals surface area contributed by atoms with Crippen LogP contribution in [0.3, 0.4) is 0 Å². The van der Waals surface area contributed by atoms with Gasteiger partial charge in [0.1, 0.15) is 0 Å². The van der Waals surface area contributed by atoms with Crippen molar-refractivity contribution in [2.45, 2.75) is 0 Å². The molecule has 11 aromatic rings. The molecule has 0 saturated carbocycles. The molecule has 2 nitrogen and oxygen atoms in total. The summed E-state index contributed by atoms with van der Waals surface area (Å²) in [5.74, 6) is 0. The number of hydrogen-bond donors (Lipinski definition) is 0. The van der Waals surface area contributed by atoms with Gasteiger partial charge in [-0.25, -0.2) is 0 Å². The zero-order chi connectivity index (χ0) is 31.3. The third-order valence-corrected chi connectivity index (χ3v) is 10.4. The van der Waals surface area contributed by atoms with Crippen LogP contribution >= 0.6 is 0 Å². The van der Waals surface area contributed by atoms with Gasteiger partial charge in [-0.2, -0.15) is 0 Å². The maximum absolute atomic E-state index is 4.73. The zero-order valence-corrected chi connectivity index (χ0v) is 25.9. The summed E-state index contributed by atoms with van der Waals surface area (Å²) in [5.41, 5.74) is 6.63. The van der Waals surface area contributed by atoms with E-state index in [-0.39, 0.29) is 0 Å². The molecule has 0 saturated heterocycles. The van der Waals surface area contributed by atoms with Gasteiger partial charge >= 0.3 is 0 Å². The number of hydrogen-bond acceptors (Lipinski definition) is 2. The molecule has 0 aliphatic rings. The van der Waals surface area contributed by atoms with Crippen LogP contribution in [0.25, 0.3) is 109 Å². The minimum Gasteiger partial charge on any atom is -0.254 e. The van der Waals surface area contributed by atoms with Gasteiger partial charge in [0.15, 0.2) is 0 Å². The first-order valence-electron chi connectivity index (χ1n) is 16.5. The second kappa shape index (κ2) is 9.57. The highest BCUT2D eigenvalue weighted by Crippen LogP contribution is 2.44. The fraction of sp³-hybridized carbons (Fsp3) is 0. The molecule has 2 heteroatoms. The van der Waals surface area contributed by atoms with E-state index in [0.717, 1.165) is 21.8 Å². The predicted octanol–water partition coefficient (Wildman–Crippen LogP) is 12.5. The summed E-state index contributed by atoms with van der Waals surface area (Å²) in [4.78, 5) is 9.38. The third kappa shape index (κ3) is 3.52.